The fourth-order valence-electron chi connectivity index (χ4n) is 5.19. The Bertz CT molecular complexity index is 1510. The van der Waals surface area contributed by atoms with Crippen molar-refractivity contribution in [2.45, 2.75) is 43.8 Å². The molecule has 1 aliphatic carbocycles. The van der Waals surface area contributed by atoms with E-state index in [0.717, 1.165) is 16.7 Å². The Kier molecular flexibility index (Phi) is 7.74. The summed E-state index contributed by atoms with van der Waals surface area (Å²) in [6, 6.07) is 20.3. The van der Waals surface area contributed by atoms with Crippen molar-refractivity contribution in [1.82, 2.24) is 4.98 Å². The van der Waals surface area contributed by atoms with Crippen molar-refractivity contribution in [3.05, 3.63) is 136 Å². The van der Waals surface area contributed by atoms with E-state index in [0.29, 0.717) is 23.4 Å². The predicted molar refractivity (Wildman–Crippen MR) is 141 cm³/mol. The normalized spacial score (nSPS) is 19.2. The van der Waals surface area contributed by atoms with E-state index >= 15 is 0 Å². The number of hydrogen-bond donors (Lipinski definition) is 0. The third-order valence-electron chi connectivity index (χ3n) is 7.10. The van der Waals surface area contributed by atoms with Gasteiger partial charge in [-0.05, 0) is 77.2 Å². The molecular weight excluding hydrogens is 547 g/mol. The van der Waals surface area contributed by atoms with Crippen LogP contribution in [0.3, 0.4) is 0 Å². The number of alkyl halides is 6. The molecule has 0 aliphatic heterocycles. The van der Waals surface area contributed by atoms with Crippen molar-refractivity contribution in [3.8, 4) is 0 Å². The molecule has 9 heteroatoms. The summed E-state index contributed by atoms with van der Waals surface area (Å²) in [5.41, 5.74) is 0.737. The molecule has 212 valence electrons. The van der Waals surface area contributed by atoms with Gasteiger partial charge in [0.15, 0.2) is 0 Å². The van der Waals surface area contributed by atoms with Crippen LogP contribution in [-0.2, 0) is 17.1 Å². The van der Waals surface area contributed by atoms with Crippen molar-refractivity contribution in [2.75, 3.05) is 0 Å². The maximum atomic E-state index is 13.8. The molecule has 2 nitrogen and oxygen atoms in total. The van der Waals surface area contributed by atoms with Crippen LogP contribution >= 0.6 is 0 Å². The van der Waals surface area contributed by atoms with Crippen molar-refractivity contribution in [1.29, 1.82) is 0 Å². The molecule has 0 spiro atoms. The molecule has 0 amide bonds. The van der Waals surface area contributed by atoms with Crippen molar-refractivity contribution >= 4 is 11.6 Å². The zero-order valence-corrected chi connectivity index (χ0v) is 21.7. The minimum absolute atomic E-state index is 0.0980. The van der Waals surface area contributed by atoms with Gasteiger partial charge in [-0.15, -0.1) is 0 Å². The Labute approximate surface area is 232 Å². The van der Waals surface area contributed by atoms with Crippen LogP contribution in [0.5, 0.6) is 0 Å². The van der Waals surface area contributed by atoms with Gasteiger partial charge in [0.05, 0.1) is 29.0 Å². The number of pyridine rings is 1. The van der Waals surface area contributed by atoms with E-state index in [-0.39, 0.29) is 18.1 Å². The summed E-state index contributed by atoms with van der Waals surface area (Å²) in [7, 11) is 0. The van der Waals surface area contributed by atoms with Gasteiger partial charge in [-0.25, -0.2) is 4.39 Å². The molecule has 3 aromatic carbocycles. The van der Waals surface area contributed by atoms with Gasteiger partial charge < -0.3 is 4.74 Å². The molecule has 1 aromatic heterocycles. The fourth-order valence-corrected chi connectivity index (χ4v) is 5.19. The average Bonchev–Trinajstić information content (AvgIpc) is 2.93. The molecular formula is C32H24F7NO. The number of halogens is 7. The lowest BCUT2D eigenvalue weighted by Gasteiger charge is -2.36. The number of rotatable bonds is 5. The summed E-state index contributed by atoms with van der Waals surface area (Å²) in [5.74, 6) is -0.960. The van der Waals surface area contributed by atoms with Crippen LogP contribution in [0.4, 0.5) is 30.7 Å². The summed E-state index contributed by atoms with van der Waals surface area (Å²) in [6.45, 7) is 1.43. The summed E-state index contributed by atoms with van der Waals surface area (Å²) in [6.07, 6.45) is -7.98. The lowest BCUT2D eigenvalue weighted by molar-refractivity contribution is -0.143. The Hall–Kier alpha value is -3.98. The highest BCUT2D eigenvalue weighted by atomic mass is 19.4. The van der Waals surface area contributed by atoms with E-state index in [2.05, 4.69) is 4.98 Å². The van der Waals surface area contributed by atoms with Crippen LogP contribution in [-0.4, -0.2) is 11.1 Å². The zero-order chi connectivity index (χ0) is 29.4. The van der Waals surface area contributed by atoms with Crippen LogP contribution in [0.25, 0.3) is 11.6 Å². The van der Waals surface area contributed by atoms with Crippen LogP contribution in [0.15, 0.2) is 91.1 Å². The first-order valence-electron chi connectivity index (χ1n) is 12.8. The molecule has 0 unspecified atom stereocenters. The maximum Gasteiger partial charge on any atom is 0.416 e. The minimum Gasteiger partial charge on any atom is -0.369 e. The molecule has 1 heterocycles. The zero-order valence-electron chi connectivity index (χ0n) is 21.7. The second kappa shape index (κ2) is 11.1. The molecule has 0 saturated carbocycles. The van der Waals surface area contributed by atoms with Gasteiger partial charge in [0.1, 0.15) is 5.82 Å². The van der Waals surface area contributed by atoms with E-state index in [4.69, 9.17) is 4.74 Å². The standard InChI is InChI=1S/C32H24F7NO/c1-19(22-15-24(31(34,35)36)18-25(16-22)32(37,38)39)41-28-17-23(14-20-6-3-2-4-7-20)30-27(8-5-13-40-30)29(28)21-9-11-26(33)12-10-21/h2-16,18-19,28-29H,17H2,1H3/t19-,28+,29+/m1/s1. The number of fused-ring (bicyclic) bond motifs is 1. The predicted octanol–water partition coefficient (Wildman–Crippen LogP) is 9.48. The van der Waals surface area contributed by atoms with Gasteiger partial charge in [-0.3, -0.25) is 4.98 Å². The highest BCUT2D eigenvalue weighted by Crippen LogP contribution is 2.45. The monoisotopic (exact) mass is 571 g/mol. The first kappa shape index (κ1) is 28.5. The first-order chi connectivity index (χ1) is 19.4. The largest absolute Gasteiger partial charge is 0.416 e. The molecule has 0 saturated heterocycles. The summed E-state index contributed by atoms with van der Waals surface area (Å²) >= 11 is 0. The smallest absolute Gasteiger partial charge is 0.369 e. The topological polar surface area (TPSA) is 22.1 Å². The number of nitrogens with zero attached hydrogens (tertiary/aromatic N) is 1. The van der Waals surface area contributed by atoms with Crippen LogP contribution in [0, 0.1) is 5.82 Å². The Morgan fingerprint density at radius 2 is 1.46 bits per heavy atom. The van der Waals surface area contributed by atoms with Crippen molar-refractivity contribution in [3.63, 3.8) is 0 Å². The van der Waals surface area contributed by atoms with E-state index in [1.165, 1.54) is 19.1 Å². The van der Waals surface area contributed by atoms with Gasteiger partial charge in [-0.2, -0.15) is 26.3 Å². The molecule has 3 atom stereocenters. The van der Waals surface area contributed by atoms with Gasteiger partial charge in [0, 0.05) is 18.5 Å². The number of hydrogen-bond acceptors (Lipinski definition) is 2. The summed E-state index contributed by atoms with van der Waals surface area (Å²) in [5, 5.41) is 0. The molecule has 1 aliphatic rings. The van der Waals surface area contributed by atoms with Crippen LogP contribution < -0.4 is 0 Å². The minimum atomic E-state index is -4.98. The molecule has 5 rings (SSSR count). The highest BCUT2D eigenvalue weighted by Gasteiger charge is 2.39. The molecule has 41 heavy (non-hydrogen) atoms. The average molecular weight is 572 g/mol. The molecule has 0 fully saturated rings. The molecule has 0 N–H and O–H groups in total. The highest BCUT2D eigenvalue weighted by molar-refractivity contribution is 5.83. The maximum absolute atomic E-state index is 13.8. The van der Waals surface area contributed by atoms with E-state index in [1.54, 1.807) is 24.4 Å². The Morgan fingerprint density at radius 1 is 0.829 bits per heavy atom. The quantitative estimate of drug-likeness (QED) is 0.223. The van der Waals surface area contributed by atoms with Crippen LogP contribution in [0.1, 0.15) is 64.4 Å². The van der Waals surface area contributed by atoms with E-state index in [1.807, 2.05) is 42.5 Å². The van der Waals surface area contributed by atoms with Gasteiger partial charge in [0.2, 0.25) is 0 Å². The number of aromatic nitrogens is 1. The number of benzene rings is 3. The van der Waals surface area contributed by atoms with Crippen LogP contribution in [0.2, 0.25) is 0 Å². The first-order valence-corrected chi connectivity index (χ1v) is 12.8. The SMILES string of the molecule is C[C@@H](O[C@H]1CC(=Cc2ccccc2)c2ncccc2[C@@H]1c1ccc(F)cc1)c1cc(C(F)(F)F)cc(C(F)(F)F)c1. The molecule has 4 aromatic rings. The molecule has 0 radical (unpaired) electrons. The lowest BCUT2D eigenvalue weighted by Crippen LogP contribution is -2.30. The lowest BCUT2D eigenvalue weighted by atomic mass is 9.76. The van der Waals surface area contributed by atoms with Gasteiger partial charge in [-0.1, -0.05) is 48.5 Å². The van der Waals surface area contributed by atoms with E-state index < -0.39 is 47.4 Å². The fraction of sp³-hybridized carbons (Fsp3) is 0.219. The van der Waals surface area contributed by atoms with Gasteiger partial charge in [0.25, 0.3) is 0 Å². The van der Waals surface area contributed by atoms with E-state index in [9.17, 15) is 30.7 Å². The Balaban J connectivity index is 1.60. The summed E-state index contributed by atoms with van der Waals surface area (Å²) < 4.78 is 101. The van der Waals surface area contributed by atoms with Gasteiger partial charge >= 0.3 is 12.4 Å². The third-order valence-corrected chi connectivity index (χ3v) is 7.10. The summed E-state index contributed by atoms with van der Waals surface area (Å²) in [4.78, 5) is 4.59. The molecule has 0 bridgehead atoms. The number of ether oxygens (including phenoxy) is 1. The van der Waals surface area contributed by atoms with Crippen molar-refractivity contribution in [2.24, 2.45) is 0 Å². The second-order valence-corrected chi connectivity index (χ2v) is 9.91. The van der Waals surface area contributed by atoms with Crippen molar-refractivity contribution < 1.29 is 35.5 Å². The third kappa shape index (κ3) is 6.35. The Morgan fingerprint density at radius 3 is 2.07 bits per heavy atom. The second-order valence-electron chi connectivity index (χ2n) is 9.91.